The zero-order valence-corrected chi connectivity index (χ0v) is 43.6. The number of hydrogen-bond acceptors (Lipinski definition) is 0. The first kappa shape index (κ1) is 44.5. The normalized spacial score (nSPS) is 12.1. The Bertz CT molecular complexity index is 4850. The lowest BCUT2D eigenvalue weighted by molar-refractivity contribution is 0.828. The van der Waals surface area contributed by atoms with Crippen molar-refractivity contribution in [3.8, 4) is 55.6 Å². The first-order valence-electron chi connectivity index (χ1n) is 27.6. The molecule has 0 saturated heterocycles. The summed E-state index contributed by atoms with van der Waals surface area (Å²) in [6.07, 6.45) is 0. The van der Waals surface area contributed by atoms with Crippen molar-refractivity contribution in [2.24, 2.45) is 0 Å². The highest BCUT2D eigenvalue weighted by molar-refractivity contribution is 6.30. The minimum atomic E-state index is 0.861. The van der Waals surface area contributed by atoms with Gasteiger partial charge in [0.05, 0.1) is 11.0 Å². The first-order valence-corrected chi connectivity index (χ1v) is 27.6. The van der Waals surface area contributed by atoms with E-state index in [-0.39, 0.29) is 0 Å². The fourth-order valence-corrected chi connectivity index (χ4v) is 14.0. The lowest BCUT2D eigenvalue weighted by Crippen LogP contribution is -1.97. The standard InChI is InChI=1S/C76H52N2/c1-3-77-71-43-11-9-27-57(71)65-41-19-39-63(75(65)77)55-33-17-37-61-69(55)46-70-56(64-40-20-42-66-58-28-10-12-44-72(58)78(4-2)76(64)66)34-18-38-62(70)74(61)73-59-35-15-31-53(51-29-13-23-47-21-5-7-25-49(47)51)67(59)45-68-54(32-16-36-60(68)73)52-30-14-24-48-22-6-8-26-50(48)52/h5-46H,3-4H2,1-2H3. The molecule has 2 heterocycles. The van der Waals surface area contributed by atoms with E-state index >= 15 is 0 Å². The van der Waals surface area contributed by atoms with E-state index in [2.05, 4.69) is 278 Å². The second-order valence-corrected chi connectivity index (χ2v) is 21.1. The minimum absolute atomic E-state index is 0.861. The zero-order valence-electron chi connectivity index (χ0n) is 43.6. The van der Waals surface area contributed by atoms with E-state index in [9.17, 15) is 0 Å². The lowest BCUT2D eigenvalue weighted by Gasteiger charge is -2.22. The van der Waals surface area contributed by atoms with Crippen LogP contribution in [0.2, 0.25) is 0 Å². The monoisotopic (exact) mass is 992 g/mol. The third kappa shape index (κ3) is 6.38. The van der Waals surface area contributed by atoms with Crippen LogP contribution in [0.3, 0.4) is 0 Å². The Morgan fingerprint density at radius 2 is 0.474 bits per heavy atom. The summed E-state index contributed by atoms with van der Waals surface area (Å²) >= 11 is 0. The van der Waals surface area contributed by atoms with Crippen LogP contribution in [0.5, 0.6) is 0 Å². The van der Waals surface area contributed by atoms with E-state index in [1.54, 1.807) is 0 Å². The number of rotatable bonds is 7. The summed E-state index contributed by atoms with van der Waals surface area (Å²) in [5.41, 5.74) is 17.4. The van der Waals surface area contributed by atoms with Crippen LogP contribution in [0.15, 0.2) is 255 Å². The third-order valence-corrected chi connectivity index (χ3v) is 17.3. The van der Waals surface area contributed by atoms with E-state index in [1.165, 1.54) is 164 Å². The highest BCUT2D eigenvalue weighted by Gasteiger charge is 2.25. The molecule has 0 aliphatic carbocycles. The molecule has 0 unspecified atom stereocenters. The highest BCUT2D eigenvalue weighted by Crippen LogP contribution is 2.52. The van der Waals surface area contributed by atoms with Crippen molar-refractivity contribution in [2.75, 3.05) is 0 Å². The Kier molecular flexibility index (Phi) is 9.93. The van der Waals surface area contributed by atoms with Crippen LogP contribution in [-0.4, -0.2) is 9.13 Å². The van der Waals surface area contributed by atoms with Crippen molar-refractivity contribution in [1.29, 1.82) is 0 Å². The summed E-state index contributed by atoms with van der Waals surface area (Å²) in [4.78, 5) is 0. The van der Waals surface area contributed by atoms with Crippen LogP contribution < -0.4 is 0 Å². The molecule has 0 saturated carbocycles. The quantitative estimate of drug-likeness (QED) is 0.141. The summed E-state index contributed by atoms with van der Waals surface area (Å²) in [5.74, 6) is 0. The van der Waals surface area contributed by atoms with Crippen LogP contribution in [0.1, 0.15) is 13.8 Å². The summed E-state index contributed by atoms with van der Waals surface area (Å²) in [5, 5.41) is 20.0. The molecule has 0 bridgehead atoms. The molecule has 2 nitrogen and oxygen atoms in total. The summed E-state index contributed by atoms with van der Waals surface area (Å²) in [6, 6.07) is 96.3. The Labute approximate surface area is 452 Å². The van der Waals surface area contributed by atoms with Crippen molar-refractivity contribution in [3.05, 3.63) is 255 Å². The fraction of sp³-hybridized carbons (Fsp3) is 0.0526. The van der Waals surface area contributed by atoms with Gasteiger partial charge in [-0.25, -0.2) is 0 Å². The van der Waals surface area contributed by atoms with Gasteiger partial charge in [-0.15, -0.1) is 0 Å². The summed E-state index contributed by atoms with van der Waals surface area (Å²) in [7, 11) is 0. The SMILES string of the molecule is CCn1c2ccccc2c2cccc(-c3cccc4c(-c5c6cccc(-c7cccc8ccccc78)c6cc6c(-c7cccc8ccccc78)cccc56)c5cccc(-c6cccc7c8ccccc8n(CC)c67)c5cc34)c21. The molecule has 0 atom stereocenters. The lowest BCUT2D eigenvalue weighted by atomic mass is 9.81. The minimum Gasteiger partial charge on any atom is -0.340 e. The van der Waals surface area contributed by atoms with Crippen LogP contribution in [0.4, 0.5) is 0 Å². The van der Waals surface area contributed by atoms with Crippen molar-refractivity contribution in [2.45, 2.75) is 26.9 Å². The van der Waals surface area contributed by atoms with Gasteiger partial charge in [0.15, 0.2) is 0 Å². The molecule has 2 heteroatoms. The maximum absolute atomic E-state index is 2.55. The van der Waals surface area contributed by atoms with E-state index in [0.717, 1.165) is 13.1 Å². The van der Waals surface area contributed by atoms with E-state index in [1.807, 2.05) is 0 Å². The van der Waals surface area contributed by atoms with Gasteiger partial charge in [0.1, 0.15) is 0 Å². The summed E-state index contributed by atoms with van der Waals surface area (Å²) < 4.78 is 5.05. The Morgan fingerprint density at radius 3 is 0.846 bits per heavy atom. The van der Waals surface area contributed by atoms with Crippen LogP contribution in [-0.2, 0) is 13.1 Å². The molecule has 78 heavy (non-hydrogen) atoms. The van der Waals surface area contributed by atoms with Gasteiger partial charge in [0.25, 0.3) is 0 Å². The Hall–Kier alpha value is -9.76. The van der Waals surface area contributed by atoms with Gasteiger partial charge in [-0.3, -0.25) is 0 Å². The number of hydrogen-bond donors (Lipinski definition) is 0. The van der Waals surface area contributed by atoms with Crippen molar-refractivity contribution in [1.82, 2.24) is 9.13 Å². The van der Waals surface area contributed by atoms with E-state index < -0.39 is 0 Å². The smallest absolute Gasteiger partial charge is 0.0571 e. The van der Waals surface area contributed by atoms with Crippen LogP contribution >= 0.6 is 0 Å². The predicted molar refractivity (Wildman–Crippen MR) is 336 cm³/mol. The number of aromatic nitrogens is 2. The van der Waals surface area contributed by atoms with Gasteiger partial charge in [0, 0.05) is 56.8 Å². The first-order chi connectivity index (χ1) is 38.7. The molecule has 16 rings (SSSR count). The molecule has 0 fully saturated rings. The number of para-hydroxylation sites is 4. The topological polar surface area (TPSA) is 9.86 Å². The average molecular weight is 993 g/mol. The number of benzene rings is 14. The molecule has 0 N–H and O–H groups in total. The van der Waals surface area contributed by atoms with Gasteiger partial charge < -0.3 is 9.13 Å². The molecular weight excluding hydrogens is 941 g/mol. The van der Waals surface area contributed by atoms with E-state index in [4.69, 9.17) is 0 Å². The van der Waals surface area contributed by atoms with Crippen LogP contribution in [0, 0.1) is 0 Å². The van der Waals surface area contributed by atoms with Crippen molar-refractivity contribution >= 4 is 108 Å². The van der Waals surface area contributed by atoms with Gasteiger partial charge in [-0.05, 0) is 147 Å². The molecule has 0 aliphatic heterocycles. The molecule has 14 aromatic carbocycles. The van der Waals surface area contributed by atoms with Crippen molar-refractivity contribution in [3.63, 3.8) is 0 Å². The molecule has 2 aromatic heterocycles. The fourth-order valence-electron chi connectivity index (χ4n) is 14.0. The van der Waals surface area contributed by atoms with E-state index in [0.29, 0.717) is 0 Å². The van der Waals surface area contributed by atoms with Gasteiger partial charge in [-0.2, -0.15) is 0 Å². The Morgan fingerprint density at radius 1 is 0.218 bits per heavy atom. The predicted octanol–water partition coefficient (Wildman–Crippen LogP) is 21.2. The number of aryl methyl sites for hydroxylation is 2. The van der Waals surface area contributed by atoms with Gasteiger partial charge in [-0.1, -0.05) is 231 Å². The maximum atomic E-state index is 2.55. The van der Waals surface area contributed by atoms with Gasteiger partial charge >= 0.3 is 0 Å². The second-order valence-electron chi connectivity index (χ2n) is 21.1. The van der Waals surface area contributed by atoms with Gasteiger partial charge in [0.2, 0.25) is 0 Å². The average Bonchev–Trinajstić information content (AvgIpc) is 4.15. The molecule has 16 aromatic rings. The number of nitrogens with zero attached hydrogens (tertiary/aromatic N) is 2. The summed E-state index contributed by atoms with van der Waals surface area (Å²) in [6.45, 7) is 6.29. The molecule has 0 radical (unpaired) electrons. The largest absolute Gasteiger partial charge is 0.340 e. The number of fused-ring (bicyclic) bond motifs is 12. The highest BCUT2D eigenvalue weighted by atomic mass is 15.0. The maximum Gasteiger partial charge on any atom is 0.0571 e. The molecule has 366 valence electrons. The third-order valence-electron chi connectivity index (χ3n) is 17.3. The molecular formula is C76H52N2. The molecule has 0 aliphatic rings. The van der Waals surface area contributed by atoms with Crippen molar-refractivity contribution < 1.29 is 0 Å². The zero-order chi connectivity index (χ0) is 51.6. The Balaban J connectivity index is 1.11. The van der Waals surface area contributed by atoms with Crippen LogP contribution in [0.25, 0.3) is 164 Å². The molecule has 0 spiro atoms. The molecule has 0 amide bonds. The second kappa shape index (κ2) is 17.4.